The lowest BCUT2D eigenvalue weighted by Crippen LogP contribution is -2.03. The monoisotopic (exact) mass is 246 g/mol. The molecule has 1 aromatic carbocycles. The summed E-state index contributed by atoms with van der Waals surface area (Å²) < 4.78 is 2.91. The van der Waals surface area contributed by atoms with Crippen molar-refractivity contribution >= 4 is 12.2 Å². The lowest BCUT2D eigenvalue weighted by atomic mass is 10.1. The van der Waals surface area contributed by atoms with E-state index in [1.807, 2.05) is 10.7 Å². The molecule has 1 N–H and O–H groups in total. The number of nitrogens with one attached hydrogen (secondary N) is 1. The molecule has 0 spiro atoms. The molecule has 2 nitrogen and oxygen atoms in total. The molecule has 0 fully saturated rings. The van der Waals surface area contributed by atoms with Gasteiger partial charge in [-0.15, -0.1) is 0 Å². The normalized spacial score (nSPS) is 11.0. The fourth-order valence-electron chi connectivity index (χ4n) is 1.92. The van der Waals surface area contributed by atoms with E-state index in [-0.39, 0.29) is 0 Å². The van der Waals surface area contributed by atoms with Crippen LogP contribution in [0.3, 0.4) is 0 Å². The van der Waals surface area contributed by atoms with Crippen LogP contribution in [0.2, 0.25) is 0 Å². The van der Waals surface area contributed by atoms with E-state index in [1.54, 1.807) is 0 Å². The Balaban J connectivity index is 2.17. The van der Waals surface area contributed by atoms with Gasteiger partial charge in [0.15, 0.2) is 0 Å². The molecule has 17 heavy (non-hydrogen) atoms. The highest BCUT2D eigenvalue weighted by Gasteiger charge is 2.03. The number of hydrogen-bond donors (Lipinski definition) is 1. The molecule has 2 aromatic rings. The second kappa shape index (κ2) is 5.32. The number of aromatic amines is 1. The average Bonchev–Trinajstić information content (AvgIpc) is 2.59. The van der Waals surface area contributed by atoms with Crippen LogP contribution in [0, 0.1) is 10.6 Å². The first-order valence-electron chi connectivity index (χ1n) is 5.98. The summed E-state index contributed by atoms with van der Waals surface area (Å²) in [6, 6.07) is 12.4. The predicted octanol–water partition coefficient (Wildman–Crippen LogP) is 3.79. The number of nitrogens with zero attached hydrogens (tertiary/aromatic N) is 1. The van der Waals surface area contributed by atoms with Crippen molar-refractivity contribution in [1.82, 2.24) is 9.78 Å². The molecule has 0 amide bonds. The Hall–Kier alpha value is -1.35. The molecule has 0 atom stereocenters. The molecule has 0 saturated heterocycles. The topological polar surface area (TPSA) is 20.7 Å². The van der Waals surface area contributed by atoms with Crippen molar-refractivity contribution in [2.24, 2.45) is 5.92 Å². The molecule has 1 aromatic heterocycles. The van der Waals surface area contributed by atoms with Crippen LogP contribution < -0.4 is 0 Å². The van der Waals surface area contributed by atoms with Gasteiger partial charge in [0.25, 0.3) is 0 Å². The summed E-state index contributed by atoms with van der Waals surface area (Å²) in [5.74, 6) is 0.647. The molecule has 90 valence electrons. The Kier molecular flexibility index (Phi) is 3.79. The van der Waals surface area contributed by atoms with E-state index >= 15 is 0 Å². The van der Waals surface area contributed by atoms with Crippen molar-refractivity contribution in [1.29, 1.82) is 0 Å². The Morgan fingerprint density at radius 2 is 1.94 bits per heavy atom. The number of aromatic nitrogens is 2. The molecule has 1 heterocycles. The molecular formula is C14H18N2S. The SMILES string of the molecule is CC(C)Cc1cc(=S)n(Cc2ccccc2)[nH]1. The van der Waals surface area contributed by atoms with Gasteiger partial charge in [0.2, 0.25) is 0 Å². The predicted molar refractivity (Wildman–Crippen MR) is 73.7 cm³/mol. The quantitative estimate of drug-likeness (QED) is 0.814. The molecule has 0 bridgehead atoms. The minimum Gasteiger partial charge on any atom is -0.301 e. The summed E-state index contributed by atoms with van der Waals surface area (Å²) in [7, 11) is 0. The number of benzene rings is 1. The van der Waals surface area contributed by atoms with E-state index in [2.05, 4.69) is 49.3 Å². The van der Waals surface area contributed by atoms with E-state index in [4.69, 9.17) is 12.2 Å². The van der Waals surface area contributed by atoms with Gasteiger partial charge in [-0.3, -0.25) is 4.68 Å². The Morgan fingerprint density at radius 3 is 2.59 bits per heavy atom. The third kappa shape index (κ3) is 3.30. The summed E-state index contributed by atoms with van der Waals surface area (Å²) in [5, 5.41) is 3.37. The third-order valence-electron chi connectivity index (χ3n) is 2.65. The summed E-state index contributed by atoms with van der Waals surface area (Å²) >= 11 is 5.36. The van der Waals surface area contributed by atoms with Gasteiger partial charge in [-0.1, -0.05) is 56.4 Å². The van der Waals surface area contributed by atoms with Crippen LogP contribution in [0.4, 0.5) is 0 Å². The van der Waals surface area contributed by atoms with Gasteiger partial charge < -0.3 is 5.10 Å². The molecule has 0 saturated carbocycles. The van der Waals surface area contributed by atoms with Crippen molar-refractivity contribution in [3.63, 3.8) is 0 Å². The van der Waals surface area contributed by atoms with Crippen molar-refractivity contribution in [2.45, 2.75) is 26.8 Å². The van der Waals surface area contributed by atoms with E-state index < -0.39 is 0 Å². The largest absolute Gasteiger partial charge is 0.301 e. The van der Waals surface area contributed by atoms with Crippen LogP contribution in [0.15, 0.2) is 36.4 Å². The number of H-pyrrole nitrogens is 1. The van der Waals surface area contributed by atoms with Crippen LogP contribution in [-0.4, -0.2) is 9.78 Å². The maximum absolute atomic E-state index is 5.36. The van der Waals surface area contributed by atoms with E-state index in [9.17, 15) is 0 Å². The van der Waals surface area contributed by atoms with Crippen molar-refractivity contribution in [3.05, 3.63) is 52.3 Å². The smallest absolute Gasteiger partial charge is 0.122 e. The zero-order chi connectivity index (χ0) is 12.3. The van der Waals surface area contributed by atoms with Crippen LogP contribution in [0.1, 0.15) is 25.1 Å². The highest BCUT2D eigenvalue weighted by atomic mass is 32.1. The van der Waals surface area contributed by atoms with Crippen molar-refractivity contribution in [2.75, 3.05) is 0 Å². The van der Waals surface area contributed by atoms with Gasteiger partial charge in [0.1, 0.15) is 4.64 Å². The van der Waals surface area contributed by atoms with Crippen LogP contribution in [0.5, 0.6) is 0 Å². The maximum Gasteiger partial charge on any atom is 0.122 e. The van der Waals surface area contributed by atoms with Gasteiger partial charge in [-0.2, -0.15) is 0 Å². The number of hydrogen-bond acceptors (Lipinski definition) is 1. The van der Waals surface area contributed by atoms with Gasteiger partial charge in [-0.05, 0) is 24.0 Å². The summed E-state index contributed by atoms with van der Waals surface area (Å²) in [6.45, 7) is 5.24. The summed E-state index contributed by atoms with van der Waals surface area (Å²) in [5.41, 5.74) is 2.49. The second-order valence-electron chi connectivity index (χ2n) is 4.79. The van der Waals surface area contributed by atoms with Crippen LogP contribution in [-0.2, 0) is 13.0 Å². The minimum atomic E-state index is 0.647. The zero-order valence-electron chi connectivity index (χ0n) is 10.3. The first-order valence-corrected chi connectivity index (χ1v) is 6.38. The molecule has 0 aliphatic heterocycles. The molecule has 0 radical (unpaired) electrons. The molecule has 0 aliphatic rings. The van der Waals surface area contributed by atoms with Crippen molar-refractivity contribution < 1.29 is 0 Å². The Morgan fingerprint density at radius 1 is 1.24 bits per heavy atom. The van der Waals surface area contributed by atoms with Crippen LogP contribution >= 0.6 is 12.2 Å². The first-order chi connectivity index (χ1) is 8.15. The van der Waals surface area contributed by atoms with Gasteiger partial charge in [-0.25, -0.2) is 0 Å². The standard InChI is InChI=1S/C14H18N2S/c1-11(2)8-13-9-14(17)16(15-13)10-12-6-4-3-5-7-12/h3-7,9,11,15H,8,10H2,1-2H3. The maximum atomic E-state index is 5.36. The fraction of sp³-hybridized carbons (Fsp3) is 0.357. The molecule has 0 unspecified atom stereocenters. The lowest BCUT2D eigenvalue weighted by Gasteiger charge is -2.04. The van der Waals surface area contributed by atoms with Crippen LogP contribution in [0.25, 0.3) is 0 Å². The number of rotatable bonds is 4. The average molecular weight is 246 g/mol. The van der Waals surface area contributed by atoms with E-state index in [0.29, 0.717) is 5.92 Å². The molecular weight excluding hydrogens is 228 g/mol. The first kappa shape index (κ1) is 12.1. The highest BCUT2D eigenvalue weighted by molar-refractivity contribution is 7.71. The Bertz CT molecular complexity index is 523. The molecule has 2 rings (SSSR count). The molecule has 0 aliphatic carbocycles. The highest BCUT2D eigenvalue weighted by Crippen LogP contribution is 2.09. The second-order valence-corrected chi connectivity index (χ2v) is 5.21. The van der Waals surface area contributed by atoms with E-state index in [0.717, 1.165) is 17.6 Å². The summed E-state index contributed by atoms with van der Waals surface area (Å²) in [4.78, 5) is 0. The summed E-state index contributed by atoms with van der Waals surface area (Å²) in [6.07, 6.45) is 1.05. The Labute approximate surface area is 107 Å². The molecule has 3 heteroatoms. The van der Waals surface area contributed by atoms with Gasteiger partial charge in [0, 0.05) is 5.69 Å². The minimum absolute atomic E-state index is 0.647. The third-order valence-corrected chi connectivity index (χ3v) is 2.99. The fourth-order valence-corrected chi connectivity index (χ4v) is 2.17. The van der Waals surface area contributed by atoms with Crippen molar-refractivity contribution in [3.8, 4) is 0 Å². The zero-order valence-corrected chi connectivity index (χ0v) is 11.1. The van der Waals surface area contributed by atoms with E-state index in [1.165, 1.54) is 11.3 Å². The van der Waals surface area contributed by atoms with Gasteiger partial charge in [0.05, 0.1) is 6.54 Å². The lowest BCUT2D eigenvalue weighted by molar-refractivity contribution is 0.606. The van der Waals surface area contributed by atoms with Gasteiger partial charge >= 0.3 is 0 Å².